The van der Waals surface area contributed by atoms with Crippen molar-refractivity contribution in [2.75, 3.05) is 7.11 Å². The molecule has 1 heterocycles. The fraction of sp³-hybridized carbons (Fsp3) is 0.474. The van der Waals surface area contributed by atoms with Crippen molar-refractivity contribution < 1.29 is 19.1 Å². The number of hydrogen-bond acceptors (Lipinski definition) is 4. The van der Waals surface area contributed by atoms with Gasteiger partial charge in [0.15, 0.2) is 0 Å². The maximum Gasteiger partial charge on any atom is 0.338 e. The average Bonchev–Trinajstić information content (AvgIpc) is 2.52. The van der Waals surface area contributed by atoms with Crippen molar-refractivity contribution in [3.8, 4) is 5.75 Å². The van der Waals surface area contributed by atoms with E-state index in [1.165, 1.54) is 0 Å². The fourth-order valence-electron chi connectivity index (χ4n) is 2.50. The fourth-order valence-corrected chi connectivity index (χ4v) is 2.50. The number of rotatable bonds is 4. The van der Waals surface area contributed by atoms with E-state index in [0.717, 1.165) is 0 Å². The van der Waals surface area contributed by atoms with Crippen LogP contribution in [0.3, 0.4) is 0 Å². The van der Waals surface area contributed by atoms with Gasteiger partial charge in [-0.25, -0.2) is 9.59 Å². The summed E-state index contributed by atoms with van der Waals surface area (Å²) in [5.41, 5.74) is 1.37. The first-order chi connectivity index (χ1) is 11.6. The van der Waals surface area contributed by atoms with Crippen LogP contribution in [-0.4, -0.2) is 25.2 Å². The number of urea groups is 1. The van der Waals surface area contributed by atoms with E-state index in [9.17, 15) is 9.59 Å². The highest BCUT2D eigenvalue weighted by atomic mass is 16.5. The summed E-state index contributed by atoms with van der Waals surface area (Å²) in [6.45, 7) is 9.57. The average molecular weight is 346 g/mol. The van der Waals surface area contributed by atoms with Crippen molar-refractivity contribution >= 4 is 12.0 Å². The van der Waals surface area contributed by atoms with E-state index >= 15 is 0 Å². The molecule has 0 saturated heterocycles. The van der Waals surface area contributed by atoms with Gasteiger partial charge in [0.05, 0.1) is 18.7 Å². The molecular weight excluding hydrogens is 320 g/mol. The second-order valence-corrected chi connectivity index (χ2v) is 7.23. The van der Waals surface area contributed by atoms with Crippen molar-refractivity contribution in [1.82, 2.24) is 10.6 Å². The SMILES string of the molecule is COc1ccccc1C1NC(=O)NC(C)=C1C(=O)OC(C)C(C)(C)C. The molecule has 0 spiro atoms. The van der Waals surface area contributed by atoms with E-state index in [2.05, 4.69) is 10.6 Å². The summed E-state index contributed by atoms with van der Waals surface area (Å²) in [4.78, 5) is 24.8. The van der Waals surface area contributed by atoms with Gasteiger partial charge in [0, 0.05) is 11.3 Å². The summed E-state index contributed by atoms with van der Waals surface area (Å²) in [5, 5.41) is 5.44. The second kappa shape index (κ2) is 7.17. The van der Waals surface area contributed by atoms with Gasteiger partial charge >= 0.3 is 12.0 Å². The van der Waals surface area contributed by atoms with Gasteiger partial charge in [-0.2, -0.15) is 0 Å². The summed E-state index contributed by atoms with van der Waals surface area (Å²) in [6, 6.07) is 6.28. The molecule has 2 N–H and O–H groups in total. The monoisotopic (exact) mass is 346 g/mol. The van der Waals surface area contributed by atoms with Gasteiger partial charge in [-0.3, -0.25) is 0 Å². The number of benzene rings is 1. The molecule has 0 radical (unpaired) electrons. The Balaban J connectivity index is 2.42. The maximum absolute atomic E-state index is 12.8. The molecule has 1 aliphatic heterocycles. The number of para-hydroxylation sites is 1. The quantitative estimate of drug-likeness (QED) is 0.820. The van der Waals surface area contributed by atoms with Crippen molar-refractivity contribution in [3.63, 3.8) is 0 Å². The molecule has 0 aliphatic carbocycles. The highest BCUT2D eigenvalue weighted by Crippen LogP contribution is 2.34. The second-order valence-electron chi connectivity index (χ2n) is 7.23. The number of carbonyl (C=O) groups excluding carboxylic acids is 2. The highest BCUT2D eigenvalue weighted by Gasteiger charge is 2.35. The zero-order chi connectivity index (χ0) is 18.8. The van der Waals surface area contributed by atoms with Crippen LogP contribution in [0.4, 0.5) is 4.79 Å². The predicted molar refractivity (Wildman–Crippen MR) is 95.1 cm³/mol. The van der Waals surface area contributed by atoms with E-state index in [-0.39, 0.29) is 17.6 Å². The van der Waals surface area contributed by atoms with Gasteiger partial charge in [-0.05, 0) is 25.3 Å². The lowest BCUT2D eigenvalue weighted by Crippen LogP contribution is -2.46. The lowest BCUT2D eigenvalue weighted by Gasteiger charge is -2.32. The molecule has 1 aliphatic rings. The Kier molecular flexibility index (Phi) is 5.40. The summed E-state index contributed by atoms with van der Waals surface area (Å²) < 4.78 is 11.0. The molecule has 0 aromatic heterocycles. The van der Waals surface area contributed by atoms with Gasteiger partial charge in [-0.1, -0.05) is 39.0 Å². The van der Waals surface area contributed by atoms with Crippen LogP contribution in [0.15, 0.2) is 35.5 Å². The molecule has 0 saturated carbocycles. The highest BCUT2D eigenvalue weighted by molar-refractivity contribution is 5.95. The number of ether oxygens (including phenoxy) is 2. The van der Waals surface area contributed by atoms with E-state index in [0.29, 0.717) is 22.6 Å². The molecule has 25 heavy (non-hydrogen) atoms. The summed E-state index contributed by atoms with van der Waals surface area (Å²) in [7, 11) is 1.55. The number of methoxy groups -OCH3 is 1. The van der Waals surface area contributed by atoms with Gasteiger partial charge in [0.1, 0.15) is 11.9 Å². The van der Waals surface area contributed by atoms with Crippen LogP contribution in [0, 0.1) is 5.41 Å². The lowest BCUT2D eigenvalue weighted by atomic mass is 9.90. The molecule has 0 bridgehead atoms. The first-order valence-corrected chi connectivity index (χ1v) is 8.27. The number of carbonyl (C=O) groups is 2. The Morgan fingerprint density at radius 2 is 1.88 bits per heavy atom. The van der Waals surface area contributed by atoms with Crippen LogP contribution >= 0.6 is 0 Å². The van der Waals surface area contributed by atoms with E-state index in [4.69, 9.17) is 9.47 Å². The number of hydrogen-bond donors (Lipinski definition) is 2. The van der Waals surface area contributed by atoms with Gasteiger partial charge in [-0.15, -0.1) is 0 Å². The molecule has 2 amide bonds. The molecular formula is C19H26N2O4. The van der Waals surface area contributed by atoms with Crippen molar-refractivity contribution in [1.29, 1.82) is 0 Å². The van der Waals surface area contributed by atoms with Crippen molar-refractivity contribution in [2.45, 2.75) is 46.8 Å². The minimum atomic E-state index is -0.635. The van der Waals surface area contributed by atoms with Gasteiger partial charge < -0.3 is 20.1 Å². The standard InChI is InChI=1S/C19H26N2O4/c1-11-15(17(22)25-12(2)19(3,4)5)16(21-18(23)20-11)13-9-7-8-10-14(13)24-6/h7-10,12,16H,1-6H3,(H2,20,21,23). The van der Waals surface area contributed by atoms with Gasteiger partial charge in [0.2, 0.25) is 0 Å². The van der Waals surface area contributed by atoms with Crippen LogP contribution in [0.1, 0.15) is 46.2 Å². The first-order valence-electron chi connectivity index (χ1n) is 8.27. The molecule has 2 rings (SSSR count). The maximum atomic E-state index is 12.8. The Bertz CT molecular complexity index is 704. The van der Waals surface area contributed by atoms with E-state index in [1.807, 2.05) is 45.9 Å². The molecule has 0 fully saturated rings. The number of nitrogens with one attached hydrogen (secondary N) is 2. The van der Waals surface area contributed by atoms with Crippen molar-refractivity contribution in [2.24, 2.45) is 5.41 Å². The van der Waals surface area contributed by atoms with E-state index in [1.54, 1.807) is 20.1 Å². The van der Waals surface area contributed by atoms with Crippen molar-refractivity contribution in [3.05, 3.63) is 41.1 Å². The topological polar surface area (TPSA) is 76.7 Å². The van der Waals surface area contributed by atoms with Crippen LogP contribution in [0.2, 0.25) is 0 Å². The lowest BCUT2D eigenvalue weighted by molar-refractivity contribution is -0.149. The molecule has 6 nitrogen and oxygen atoms in total. The molecule has 6 heteroatoms. The molecule has 2 atom stereocenters. The molecule has 1 aromatic rings. The Hall–Kier alpha value is -2.50. The third-order valence-electron chi connectivity index (χ3n) is 4.44. The third-order valence-corrected chi connectivity index (χ3v) is 4.44. The summed E-state index contributed by atoms with van der Waals surface area (Å²) >= 11 is 0. The zero-order valence-electron chi connectivity index (χ0n) is 15.6. The molecule has 2 unspecified atom stereocenters. The Morgan fingerprint density at radius 1 is 1.24 bits per heavy atom. The minimum Gasteiger partial charge on any atom is -0.496 e. The Labute approximate surface area is 148 Å². The number of esters is 1. The molecule has 1 aromatic carbocycles. The minimum absolute atomic E-state index is 0.185. The smallest absolute Gasteiger partial charge is 0.338 e. The third kappa shape index (κ3) is 4.13. The van der Waals surface area contributed by atoms with Gasteiger partial charge in [0.25, 0.3) is 0 Å². The summed E-state index contributed by atoms with van der Waals surface area (Å²) in [5.74, 6) is 0.139. The van der Waals surface area contributed by atoms with Crippen LogP contribution < -0.4 is 15.4 Å². The number of allylic oxidation sites excluding steroid dienone is 1. The van der Waals surface area contributed by atoms with Crippen LogP contribution in [-0.2, 0) is 9.53 Å². The number of amides is 2. The normalized spacial score (nSPS) is 19.0. The zero-order valence-corrected chi connectivity index (χ0v) is 15.6. The Morgan fingerprint density at radius 3 is 2.48 bits per heavy atom. The molecule has 136 valence electrons. The summed E-state index contributed by atoms with van der Waals surface area (Å²) in [6.07, 6.45) is -0.281. The van der Waals surface area contributed by atoms with Crippen LogP contribution in [0.25, 0.3) is 0 Å². The first kappa shape index (κ1) is 18.8. The largest absolute Gasteiger partial charge is 0.496 e. The predicted octanol–water partition coefficient (Wildman–Crippen LogP) is 3.30. The van der Waals surface area contributed by atoms with Crippen LogP contribution in [0.5, 0.6) is 5.75 Å². The van der Waals surface area contributed by atoms with E-state index < -0.39 is 12.0 Å².